The van der Waals surface area contributed by atoms with Gasteiger partial charge in [-0.15, -0.1) is 0 Å². The molecule has 0 aromatic rings. The normalized spacial score (nSPS) is 16.8. The maximum atomic E-state index is 12.8. The molecular formula is C54H98N6O19. The molecule has 2 aliphatic carbocycles. The fraction of sp³-hybridized carbons (Fsp3) is 0.833. The molecule has 0 radical (unpaired) electrons. The summed E-state index contributed by atoms with van der Waals surface area (Å²) in [6.45, 7) is 9.41. The number of nitrogens with one attached hydrogen (secondary N) is 5. The lowest BCUT2D eigenvalue weighted by molar-refractivity contribution is -0.126. The highest BCUT2D eigenvalue weighted by Gasteiger charge is 2.17. The third kappa shape index (κ3) is 48.3. The van der Waals surface area contributed by atoms with Crippen molar-refractivity contribution in [1.82, 2.24) is 26.6 Å². The Kier molecular flexibility index (Phi) is 49.0. The Morgan fingerprint density at radius 1 is 0.380 bits per heavy atom. The maximum absolute atomic E-state index is 12.8. The molecule has 0 saturated heterocycles. The Labute approximate surface area is 468 Å². The molecule has 2 atom stereocenters. The number of amides is 5. The molecule has 0 spiro atoms. The number of ether oxygens (including phenoxy) is 14. The zero-order valence-corrected chi connectivity index (χ0v) is 47.1. The van der Waals surface area contributed by atoms with Crippen LogP contribution >= 0.6 is 0 Å². The molecule has 0 aliphatic heterocycles. The van der Waals surface area contributed by atoms with Gasteiger partial charge in [0.05, 0.1) is 165 Å². The van der Waals surface area contributed by atoms with Crippen molar-refractivity contribution in [2.24, 2.45) is 5.73 Å². The Morgan fingerprint density at radius 3 is 1.10 bits per heavy atom. The van der Waals surface area contributed by atoms with Crippen molar-refractivity contribution in [3.63, 3.8) is 0 Å². The minimum atomic E-state index is -0.552. The lowest BCUT2D eigenvalue weighted by Crippen LogP contribution is -2.42. The van der Waals surface area contributed by atoms with Crippen LogP contribution in [0, 0.1) is 0 Å². The van der Waals surface area contributed by atoms with Gasteiger partial charge in [-0.25, -0.2) is 9.59 Å². The van der Waals surface area contributed by atoms with Gasteiger partial charge in [-0.3, -0.25) is 14.4 Å². The van der Waals surface area contributed by atoms with Crippen LogP contribution in [0.5, 0.6) is 0 Å². The molecule has 2 unspecified atom stereocenters. The van der Waals surface area contributed by atoms with Gasteiger partial charge >= 0.3 is 12.2 Å². The molecule has 0 saturated carbocycles. The number of hydrogen-bond donors (Lipinski definition) is 6. The number of alkyl carbamates (subject to hydrolysis) is 2. The first-order chi connectivity index (χ1) is 38.9. The van der Waals surface area contributed by atoms with Crippen molar-refractivity contribution < 1.29 is 90.3 Å². The van der Waals surface area contributed by atoms with E-state index in [1.165, 1.54) is 0 Å². The van der Waals surface area contributed by atoms with Gasteiger partial charge in [0.15, 0.2) is 0 Å². The van der Waals surface area contributed by atoms with E-state index in [1.54, 1.807) is 0 Å². The number of carbonyl (C=O) groups is 5. The van der Waals surface area contributed by atoms with E-state index in [4.69, 9.17) is 72.0 Å². The van der Waals surface area contributed by atoms with Crippen LogP contribution in [-0.4, -0.2) is 239 Å². The first-order valence-corrected chi connectivity index (χ1v) is 28.5. The number of allylic oxidation sites excluding steroid dienone is 2. The predicted molar refractivity (Wildman–Crippen MR) is 292 cm³/mol. The topological polar surface area (TPSA) is 301 Å². The van der Waals surface area contributed by atoms with Gasteiger partial charge in [-0.2, -0.15) is 0 Å². The molecule has 79 heavy (non-hydrogen) atoms. The van der Waals surface area contributed by atoms with E-state index in [2.05, 4.69) is 50.9 Å². The Bertz CT molecular complexity index is 1470. The summed E-state index contributed by atoms with van der Waals surface area (Å²) in [7, 11) is 0. The van der Waals surface area contributed by atoms with E-state index in [1.807, 2.05) is 0 Å². The zero-order valence-electron chi connectivity index (χ0n) is 47.1. The Morgan fingerprint density at radius 2 is 0.709 bits per heavy atom. The summed E-state index contributed by atoms with van der Waals surface area (Å²) in [5, 5.41) is 13.9. The van der Waals surface area contributed by atoms with Gasteiger partial charge in [0.25, 0.3) is 0 Å². The lowest BCUT2D eigenvalue weighted by atomic mass is 10.0. The van der Waals surface area contributed by atoms with Crippen LogP contribution in [0.25, 0.3) is 0 Å². The minimum Gasteiger partial charge on any atom is -0.446 e. The molecule has 7 N–H and O–H groups in total. The van der Waals surface area contributed by atoms with Crippen LogP contribution in [0.3, 0.4) is 0 Å². The van der Waals surface area contributed by atoms with Crippen LogP contribution in [0.1, 0.15) is 83.5 Å². The molecule has 2 aliphatic rings. The van der Waals surface area contributed by atoms with Crippen molar-refractivity contribution in [2.45, 2.75) is 102 Å². The highest BCUT2D eigenvalue weighted by Crippen LogP contribution is 2.16. The largest absolute Gasteiger partial charge is 0.446 e. The molecule has 0 bridgehead atoms. The summed E-state index contributed by atoms with van der Waals surface area (Å²) in [5.74, 6) is -0.721. The van der Waals surface area contributed by atoms with E-state index in [0.717, 1.165) is 64.2 Å². The van der Waals surface area contributed by atoms with E-state index >= 15 is 0 Å². The van der Waals surface area contributed by atoms with E-state index in [-0.39, 0.29) is 82.2 Å². The summed E-state index contributed by atoms with van der Waals surface area (Å²) in [6, 6.07) is -0.552. The average molecular weight is 1140 g/mol. The van der Waals surface area contributed by atoms with Crippen LogP contribution in [0.15, 0.2) is 24.3 Å². The monoisotopic (exact) mass is 1130 g/mol. The highest BCUT2D eigenvalue weighted by atomic mass is 16.6. The molecule has 458 valence electrons. The number of carbonyl (C=O) groups excluding carboxylic acids is 5. The molecule has 2 rings (SSSR count). The van der Waals surface area contributed by atoms with Gasteiger partial charge < -0.3 is 98.6 Å². The molecule has 0 fully saturated rings. The second kappa shape index (κ2) is 54.5. The summed E-state index contributed by atoms with van der Waals surface area (Å²) >= 11 is 0. The second-order valence-electron chi connectivity index (χ2n) is 18.2. The van der Waals surface area contributed by atoms with Crippen molar-refractivity contribution in [2.75, 3.05) is 191 Å². The zero-order chi connectivity index (χ0) is 56.6. The molecule has 25 heteroatoms. The predicted octanol–water partition coefficient (Wildman–Crippen LogP) is 2.26. The molecule has 0 aromatic carbocycles. The first kappa shape index (κ1) is 71.0. The van der Waals surface area contributed by atoms with Gasteiger partial charge in [-0.1, -0.05) is 24.3 Å². The number of nitrogens with two attached hydrogens (primary N) is 1. The third-order valence-corrected chi connectivity index (χ3v) is 11.4. The summed E-state index contributed by atoms with van der Waals surface area (Å²) in [5.41, 5.74) is 5.38. The average Bonchev–Trinajstić information content (AvgIpc) is 3.41. The van der Waals surface area contributed by atoms with Crippen molar-refractivity contribution in [3.8, 4) is 0 Å². The van der Waals surface area contributed by atoms with Crippen molar-refractivity contribution >= 4 is 29.9 Å². The van der Waals surface area contributed by atoms with E-state index < -0.39 is 18.2 Å². The number of hydrogen-bond acceptors (Lipinski definition) is 20. The SMILES string of the molecule is NCCOCCOCCOCCOCCC(=O)NC(COCCC(=O)NCCOCCOCCOCCNC(=O)OC1C/C=C/CCCC1)COCCC(=O)NCCOCCOCCOCCNC(=O)OC1C/C=C/CCCC1. The smallest absolute Gasteiger partial charge is 0.407 e. The summed E-state index contributed by atoms with van der Waals surface area (Å²) in [6.07, 6.45) is 17.4. The van der Waals surface area contributed by atoms with Crippen LogP contribution in [0.4, 0.5) is 9.59 Å². The minimum absolute atomic E-state index is 0.0711. The molecule has 25 nitrogen and oxygen atoms in total. The van der Waals surface area contributed by atoms with Gasteiger partial charge in [-0.05, 0) is 51.4 Å². The maximum Gasteiger partial charge on any atom is 0.407 e. The van der Waals surface area contributed by atoms with Crippen LogP contribution < -0.4 is 32.3 Å². The Balaban J connectivity index is 1.51. The van der Waals surface area contributed by atoms with Crippen LogP contribution in [0.2, 0.25) is 0 Å². The fourth-order valence-corrected chi connectivity index (χ4v) is 7.29. The molecule has 0 aromatic heterocycles. The Hall–Kier alpha value is -4.09. The van der Waals surface area contributed by atoms with Crippen molar-refractivity contribution in [1.29, 1.82) is 0 Å². The summed E-state index contributed by atoms with van der Waals surface area (Å²) in [4.78, 5) is 61.7. The van der Waals surface area contributed by atoms with Crippen molar-refractivity contribution in [3.05, 3.63) is 24.3 Å². The van der Waals surface area contributed by atoms with Gasteiger partial charge in [0, 0.05) is 64.8 Å². The summed E-state index contributed by atoms with van der Waals surface area (Å²) < 4.78 is 77.3. The molecule has 0 heterocycles. The molecular weight excluding hydrogens is 1040 g/mol. The highest BCUT2D eigenvalue weighted by molar-refractivity contribution is 5.77. The van der Waals surface area contributed by atoms with Gasteiger partial charge in [0.2, 0.25) is 17.7 Å². The van der Waals surface area contributed by atoms with E-state index in [0.29, 0.717) is 158 Å². The molecule has 5 amide bonds. The third-order valence-electron chi connectivity index (χ3n) is 11.4. The van der Waals surface area contributed by atoms with E-state index in [9.17, 15) is 24.0 Å². The van der Waals surface area contributed by atoms with Crippen LogP contribution in [-0.2, 0) is 80.7 Å². The first-order valence-electron chi connectivity index (χ1n) is 28.5. The fourth-order valence-electron chi connectivity index (χ4n) is 7.29. The lowest BCUT2D eigenvalue weighted by Gasteiger charge is -2.19. The van der Waals surface area contributed by atoms with Gasteiger partial charge in [0.1, 0.15) is 12.2 Å². The standard InChI is InChI=1S/C54H98N6O19/c55-18-26-67-32-38-73-44-43-72-37-31-66-23-17-52(63)60-47(45-76-24-15-50(61)56-19-27-68-33-39-74-41-35-70-29-21-58-53(64)78-48-11-7-3-1-4-8-12-48)46-77-25-16-51(62)57-20-28-69-34-40-75-42-36-71-30-22-59-54(65)79-49-13-9-5-2-6-10-14-49/h3,5,7,9,47-49H,1-2,4,6,8,10-46,55H2,(H,56,61)(H,57,62)(H,58,64)(H,59,65)(H,60,63)/b7-3+,9-5+. The quantitative estimate of drug-likeness (QED) is 0.0376. The number of rotatable bonds is 51. The second-order valence-corrected chi connectivity index (χ2v) is 18.2.